The summed E-state index contributed by atoms with van der Waals surface area (Å²) in [5.74, 6) is 2.21. The van der Waals surface area contributed by atoms with Crippen LogP contribution in [0.5, 0.6) is 17.4 Å². The molecule has 0 aliphatic carbocycles. The fourth-order valence-corrected chi connectivity index (χ4v) is 4.53. The lowest BCUT2D eigenvalue weighted by Gasteiger charge is -2.31. The number of carbonyl (C=O) groups excluding carboxylic acids is 1. The molecule has 1 unspecified atom stereocenters. The maximum atomic E-state index is 12.7. The van der Waals surface area contributed by atoms with Crippen molar-refractivity contribution in [3.8, 4) is 17.4 Å². The minimum absolute atomic E-state index is 0.0823. The molecule has 9 nitrogen and oxygen atoms in total. The number of aryl methyl sites for hydroxylation is 1. The number of carbonyl (C=O) groups is 1. The smallest absolute Gasteiger partial charge is 0.255 e. The Labute approximate surface area is 208 Å². The minimum atomic E-state index is -0.224. The third-order valence-electron chi connectivity index (χ3n) is 6.41. The molecule has 1 fully saturated rings. The average molecular weight is 489 g/mol. The summed E-state index contributed by atoms with van der Waals surface area (Å²) in [4.78, 5) is 34.8. The Hall–Kier alpha value is -4.27. The van der Waals surface area contributed by atoms with Crippen molar-refractivity contribution in [2.24, 2.45) is 5.92 Å². The third-order valence-corrected chi connectivity index (χ3v) is 6.41. The van der Waals surface area contributed by atoms with Crippen LogP contribution >= 0.6 is 0 Å². The first-order chi connectivity index (χ1) is 17.5. The van der Waals surface area contributed by atoms with Gasteiger partial charge in [-0.05, 0) is 49.6 Å². The highest BCUT2D eigenvalue weighted by Crippen LogP contribution is 2.39. The lowest BCUT2D eigenvalue weighted by molar-refractivity contribution is 0.0789. The standard InChI is InChI=1S/C27H28N4O5/c1-18-13-21(16-29-26(18)34-2)31-10-12-36-24-5-4-22(14-23(24)31)35-11-8-19-7-9-30(17-19)27(33)20-3-6-25(32)28-15-20/h3-6,8,11,13-16,19H,7,9-10,12,17H2,1-2H3,(H,28,32). The molecule has 2 aliphatic rings. The van der Waals surface area contributed by atoms with Gasteiger partial charge in [0.1, 0.15) is 18.1 Å². The Morgan fingerprint density at radius 2 is 2.11 bits per heavy atom. The average Bonchev–Trinajstić information content (AvgIpc) is 3.37. The topological polar surface area (TPSA) is 97.0 Å². The molecule has 1 atom stereocenters. The molecule has 1 N–H and O–H groups in total. The van der Waals surface area contributed by atoms with Gasteiger partial charge >= 0.3 is 0 Å². The van der Waals surface area contributed by atoms with E-state index < -0.39 is 0 Å². The number of nitrogens with zero attached hydrogens (tertiary/aromatic N) is 3. The number of hydrogen-bond acceptors (Lipinski definition) is 7. The molecule has 2 aromatic heterocycles. The maximum Gasteiger partial charge on any atom is 0.255 e. The van der Waals surface area contributed by atoms with Gasteiger partial charge in [0.05, 0.1) is 43.1 Å². The van der Waals surface area contributed by atoms with Crippen LogP contribution < -0.4 is 24.7 Å². The number of aromatic amines is 1. The molecule has 9 heteroatoms. The Balaban J connectivity index is 1.24. The Morgan fingerprint density at radius 1 is 1.22 bits per heavy atom. The second-order valence-corrected chi connectivity index (χ2v) is 8.84. The molecule has 1 amide bonds. The number of rotatable bonds is 6. The van der Waals surface area contributed by atoms with E-state index in [0.717, 1.165) is 29.1 Å². The van der Waals surface area contributed by atoms with Crippen LogP contribution in [0.2, 0.25) is 0 Å². The predicted octanol–water partition coefficient (Wildman–Crippen LogP) is 3.67. The number of H-pyrrole nitrogens is 1. The van der Waals surface area contributed by atoms with Crippen molar-refractivity contribution in [1.29, 1.82) is 0 Å². The van der Waals surface area contributed by atoms with Crippen LogP contribution in [0.4, 0.5) is 11.4 Å². The second-order valence-electron chi connectivity index (χ2n) is 8.84. The number of fused-ring (bicyclic) bond motifs is 1. The van der Waals surface area contributed by atoms with E-state index in [1.807, 2.05) is 31.2 Å². The summed E-state index contributed by atoms with van der Waals surface area (Å²) < 4.78 is 17.1. The molecule has 2 aliphatic heterocycles. The van der Waals surface area contributed by atoms with E-state index in [1.165, 1.54) is 12.3 Å². The number of amides is 1. The highest BCUT2D eigenvalue weighted by Gasteiger charge is 2.26. The van der Waals surface area contributed by atoms with Crippen LogP contribution in [-0.2, 0) is 0 Å². The Morgan fingerprint density at radius 3 is 2.89 bits per heavy atom. The molecular formula is C27H28N4O5. The van der Waals surface area contributed by atoms with Crippen molar-refractivity contribution in [2.75, 3.05) is 38.3 Å². The van der Waals surface area contributed by atoms with E-state index in [9.17, 15) is 9.59 Å². The molecule has 0 radical (unpaired) electrons. The SMILES string of the molecule is COc1ncc(N2CCOc3ccc(OC=CC4CCN(C(=O)c5ccc(=O)[nH]c5)C4)cc32)cc1C. The molecular weight excluding hydrogens is 460 g/mol. The van der Waals surface area contributed by atoms with Crippen LogP contribution in [-0.4, -0.2) is 54.1 Å². The van der Waals surface area contributed by atoms with Gasteiger partial charge in [-0.3, -0.25) is 9.59 Å². The lowest BCUT2D eigenvalue weighted by Crippen LogP contribution is -2.29. The zero-order valence-corrected chi connectivity index (χ0v) is 20.3. The quantitative estimate of drug-likeness (QED) is 0.529. The first-order valence-electron chi connectivity index (χ1n) is 11.9. The number of anilines is 2. The van der Waals surface area contributed by atoms with Crippen molar-refractivity contribution < 1.29 is 19.0 Å². The fourth-order valence-electron chi connectivity index (χ4n) is 4.53. The summed E-state index contributed by atoms with van der Waals surface area (Å²) in [7, 11) is 1.61. The monoisotopic (exact) mass is 488 g/mol. The van der Waals surface area contributed by atoms with E-state index in [0.29, 0.717) is 43.4 Å². The van der Waals surface area contributed by atoms with Crippen molar-refractivity contribution in [3.63, 3.8) is 0 Å². The molecule has 1 aromatic carbocycles. The van der Waals surface area contributed by atoms with E-state index >= 15 is 0 Å². The number of aromatic nitrogens is 2. The summed E-state index contributed by atoms with van der Waals surface area (Å²) in [6.07, 6.45) is 7.79. The van der Waals surface area contributed by atoms with Gasteiger partial charge in [-0.15, -0.1) is 0 Å². The number of nitrogens with one attached hydrogen (secondary N) is 1. The normalized spacial score (nSPS) is 17.1. The van der Waals surface area contributed by atoms with Gasteiger partial charge in [-0.1, -0.05) is 0 Å². The van der Waals surface area contributed by atoms with Crippen molar-refractivity contribution in [3.05, 3.63) is 82.6 Å². The first-order valence-corrected chi connectivity index (χ1v) is 11.9. The summed E-state index contributed by atoms with van der Waals surface area (Å²) >= 11 is 0. The highest BCUT2D eigenvalue weighted by molar-refractivity contribution is 5.94. The molecule has 186 valence electrons. The van der Waals surface area contributed by atoms with Crippen molar-refractivity contribution in [2.45, 2.75) is 13.3 Å². The van der Waals surface area contributed by atoms with Gasteiger partial charge in [0, 0.05) is 37.0 Å². The third kappa shape index (κ3) is 4.91. The zero-order valence-electron chi connectivity index (χ0n) is 20.3. The number of hydrogen-bond donors (Lipinski definition) is 1. The van der Waals surface area contributed by atoms with E-state index in [4.69, 9.17) is 14.2 Å². The van der Waals surface area contributed by atoms with Gasteiger partial charge in [-0.25, -0.2) is 4.98 Å². The summed E-state index contributed by atoms with van der Waals surface area (Å²) in [6.45, 7) is 4.51. The zero-order chi connectivity index (χ0) is 25.1. The molecule has 0 saturated carbocycles. The molecule has 0 spiro atoms. The molecule has 36 heavy (non-hydrogen) atoms. The highest BCUT2D eigenvalue weighted by atomic mass is 16.5. The fraction of sp³-hybridized carbons (Fsp3) is 0.296. The van der Waals surface area contributed by atoms with Crippen molar-refractivity contribution >= 4 is 17.3 Å². The predicted molar refractivity (Wildman–Crippen MR) is 135 cm³/mol. The van der Waals surface area contributed by atoms with Crippen LogP contribution in [0.15, 0.2) is 65.9 Å². The van der Waals surface area contributed by atoms with E-state index in [2.05, 4.69) is 20.9 Å². The number of benzene rings is 1. The number of pyridine rings is 2. The summed E-state index contributed by atoms with van der Waals surface area (Å²) in [5, 5.41) is 0. The lowest BCUT2D eigenvalue weighted by atomic mass is 10.1. The number of likely N-dealkylation sites (tertiary alicyclic amines) is 1. The van der Waals surface area contributed by atoms with Gasteiger partial charge in [-0.2, -0.15) is 0 Å². The van der Waals surface area contributed by atoms with E-state index in [1.54, 1.807) is 30.5 Å². The molecule has 3 aromatic rings. The van der Waals surface area contributed by atoms with Crippen LogP contribution in [0.1, 0.15) is 22.3 Å². The Bertz CT molecular complexity index is 1330. The van der Waals surface area contributed by atoms with Crippen LogP contribution in [0.25, 0.3) is 0 Å². The largest absolute Gasteiger partial charge is 0.490 e. The molecule has 4 heterocycles. The molecule has 1 saturated heterocycles. The number of methoxy groups -OCH3 is 1. The van der Waals surface area contributed by atoms with Gasteiger partial charge in [0.25, 0.3) is 5.91 Å². The first kappa shape index (κ1) is 23.5. The van der Waals surface area contributed by atoms with Gasteiger partial charge in [0.15, 0.2) is 0 Å². The van der Waals surface area contributed by atoms with Crippen LogP contribution in [0.3, 0.4) is 0 Å². The second kappa shape index (κ2) is 10.2. The number of ether oxygens (including phenoxy) is 3. The summed E-state index contributed by atoms with van der Waals surface area (Å²) in [6, 6.07) is 10.7. The Kier molecular flexibility index (Phi) is 6.62. The molecule has 0 bridgehead atoms. The molecule has 5 rings (SSSR count). The summed E-state index contributed by atoms with van der Waals surface area (Å²) in [5.41, 5.74) is 3.10. The minimum Gasteiger partial charge on any atom is -0.490 e. The van der Waals surface area contributed by atoms with E-state index in [-0.39, 0.29) is 17.4 Å². The van der Waals surface area contributed by atoms with Gasteiger partial charge < -0.3 is 29.0 Å². The van der Waals surface area contributed by atoms with Crippen LogP contribution in [0, 0.1) is 12.8 Å². The van der Waals surface area contributed by atoms with Gasteiger partial charge in [0.2, 0.25) is 11.4 Å². The maximum absolute atomic E-state index is 12.7. The van der Waals surface area contributed by atoms with Crippen molar-refractivity contribution in [1.82, 2.24) is 14.9 Å².